The zero-order valence-corrected chi connectivity index (χ0v) is 10.6. The number of nitrogens with zero attached hydrogens (tertiary/aromatic N) is 1. The first-order chi connectivity index (χ1) is 7.72. The van der Waals surface area contributed by atoms with E-state index in [4.69, 9.17) is 4.74 Å². The number of hydrogen-bond donors (Lipinski definition) is 1. The molecule has 0 aromatic heterocycles. The fourth-order valence-corrected chi connectivity index (χ4v) is 2.48. The van der Waals surface area contributed by atoms with Crippen molar-refractivity contribution < 1.29 is 4.74 Å². The SMILES string of the molecule is CNC(c1cccc(Br)c1)C1(C#N)COC1. The second kappa shape index (κ2) is 4.54. The summed E-state index contributed by atoms with van der Waals surface area (Å²) in [5.74, 6) is 0. The van der Waals surface area contributed by atoms with Crippen LogP contribution in [0.3, 0.4) is 0 Å². The summed E-state index contributed by atoms with van der Waals surface area (Å²) in [4.78, 5) is 0. The molecular weight excluding hydrogens is 268 g/mol. The Kier molecular flexibility index (Phi) is 3.29. The molecule has 3 nitrogen and oxygen atoms in total. The number of nitriles is 1. The lowest BCUT2D eigenvalue weighted by molar-refractivity contribution is -0.0963. The highest BCUT2D eigenvalue weighted by atomic mass is 79.9. The molecule has 1 aliphatic rings. The molecule has 84 valence electrons. The molecular formula is C12H13BrN2O. The number of rotatable bonds is 3. The molecule has 1 unspecified atom stereocenters. The highest BCUT2D eigenvalue weighted by molar-refractivity contribution is 9.10. The molecule has 1 heterocycles. The van der Waals surface area contributed by atoms with Crippen LogP contribution >= 0.6 is 15.9 Å². The summed E-state index contributed by atoms with van der Waals surface area (Å²) in [6.45, 7) is 1.00. The van der Waals surface area contributed by atoms with E-state index in [0.717, 1.165) is 10.0 Å². The van der Waals surface area contributed by atoms with Crippen LogP contribution in [0.15, 0.2) is 28.7 Å². The van der Waals surface area contributed by atoms with Crippen LogP contribution in [0, 0.1) is 16.7 Å². The van der Waals surface area contributed by atoms with Crippen molar-refractivity contribution in [1.82, 2.24) is 5.32 Å². The normalized spacial score (nSPS) is 19.6. The number of ether oxygens (including phenoxy) is 1. The van der Waals surface area contributed by atoms with Gasteiger partial charge in [-0.05, 0) is 24.7 Å². The molecule has 1 aromatic carbocycles. The van der Waals surface area contributed by atoms with Gasteiger partial charge in [-0.2, -0.15) is 5.26 Å². The zero-order valence-electron chi connectivity index (χ0n) is 9.03. The number of nitrogens with one attached hydrogen (secondary N) is 1. The molecule has 1 fully saturated rings. The Hall–Kier alpha value is -0.890. The number of hydrogen-bond acceptors (Lipinski definition) is 3. The molecule has 1 aliphatic heterocycles. The van der Waals surface area contributed by atoms with E-state index in [9.17, 15) is 5.26 Å². The molecule has 0 amide bonds. The Balaban J connectivity index is 2.33. The Bertz CT molecular complexity index is 423. The molecule has 0 spiro atoms. The summed E-state index contributed by atoms with van der Waals surface area (Å²) < 4.78 is 6.22. The van der Waals surface area contributed by atoms with Gasteiger partial charge in [0.15, 0.2) is 0 Å². The molecule has 1 saturated heterocycles. The molecule has 16 heavy (non-hydrogen) atoms. The van der Waals surface area contributed by atoms with E-state index in [2.05, 4.69) is 27.3 Å². The molecule has 1 atom stereocenters. The Morgan fingerprint density at radius 2 is 2.31 bits per heavy atom. The van der Waals surface area contributed by atoms with Crippen LogP contribution < -0.4 is 5.32 Å². The predicted molar refractivity (Wildman–Crippen MR) is 64.8 cm³/mol. The maximum atomic E-state index is 9.29. The van der Waals surface area contributed by atoms with Crippen molar-refractivity contribution in [3.63, 3.8) is 0 Å². The average Bonchev–Trinajstić information content (AvgIpc) is 2.23. The van der Waals surface area contributed by atoms with Crippen molar-refractivity contribution in [1.29, 1.82) is 5.26 Å². The molecule has 4 heteroatoms. The summed E-state index contributed by atoms with van der Waals surface area (Å²) in [7, 11) is 1.88. The van der Waals surface area contributed by atoms with Crippen LogP contribution in [0.1, 0.15) is 11.6 Å². The Morgan fingerprint density at radius 1 is 1.56 bits per heavy atom. The van der Waals surface area contributed by atoms with E-state index in [1.807, 2.05) is 31.3 Å². The molecule has 0 aliphatic carbocycles. The lowest BCUT2D eigenvalue weighted by Gasteiger charge is -2.41. The monoisotopic (exact) mass is 280 g/mol. The van der Waals surface area contributed by atoms with Crippen molar-refractivity contribution in [2.75, 3.05) is 20.3 Å². The third-order valence-electron chi connectivity index (χ3n) is 2.97. The van der Waals surface area contributed by atoms with E-state index >= 15 is 0 Å². The van der Waals surface area contributed by atoms with Crippen LogP contribution in [-0.2, 0) is 4.74 Å². The standard InChI is InChI=1S/C12H13BrN2O/c1-15-11(12(6-14)7-16-8-12)9-3-2-4-10(13)5-9/h2-5,11,15H,7-8H2,1H3. The van der Waals surface area contributed by atoms with E-state index < -0.39 is 5.41 Å². The van der Waals surface area contributed by atoms with E-state index in [0.29, 0.717) is 13.2 Å². The second-order valence-electron chi connectivity index (χ2n) is 4.04. The van der Waals surface area contributed by atoms with Crippen molar-refractivity contribution in [2.45, 2.75) is 6.04 Å². The van der Waals surface area contributed by atoms with Gasteiger partial charge >= 0.3 is 0 Å². The summed E-state index contributed by atoms with van der Waals surface area (Å²) in [6.07, 6.45) is 0. The fraction of sp³-hybridized carbons (Fsp3) is 0.417. The van der Waals surface area contributed by atoms with Gasteiger partial charge in [-0.1, -0.05) is 28.1 Å². The lowest BCUT2D eigenvalue weighted by atomic mass is 9.76. The van der Waals surface area contributed by atoms with Crippen molar-refractivity contribution >= 4 is 15.9 Å². The van der Waals surface area contributed by atoms with Gasteiger partial charge in [-0.15, -0.1) is 0 Å². The van der Waals surface area contributed by atoms with Gasteiger partial charge in [0.05, 0.1) is 25.3 Å². The first-order valence-electron chi connectivity index (χ1n) is 5.13. The second-order valence-corrected chi connectivity index (χ2v) is 4.95. The van der Waals surface area contributed by atoms with Gasteiger partial charge in [0, 0.05) is 4.47 Å². The van der Waals surface area contributed by atoms with Gasteiger partial charge in [0.25, 0.3) is 0 Å². The lowest BCUT2D eigenvalue weighted by Crippen LogP contribution is -2.50. The van der Waals surface area contributed by atoms with Crippen molar-refractivity contribution in [3.8, 4) is 6.07 Å². The van der Waals surface area contributed by atoms with Crippen LogP contribution in [0.4, 0.5) is 0 Å². The number of benzene rings is 1. The average molecular weight is 281 g/mol. The molecule has 0 radical (unpaired) electrons. The van der Waals surface area contributed by atoms with Crippen LogP contribution in [0.2, 0.25) is 0 Å². The smallest absolute Gasteiger partial charge is 0.123 e. The zero-order chi connectivity index (χ0) is 11.6. The fourth-order valence-electron chi connectivity index (χ4n) is 2.07. The maximum absolute atomic E-state index is 9.29. The highest BCUT2D eigenvalue weighted by Gasteiger charge is 2.46. The highest BCUT2D eigenvalue weighted by Crippen LogP contribution is 2.40. The van der Waals surface area contributed by atoms with Gasteiger partial charge < -0.3 is 10.1 Å². The summed E-state index contributed by atoms with van der Waals surface area (Å²) in [5, 5.41) is 12.5. The van der Waals surface area contributed by atoms with E-state index in [-0.39, 0.29) is 6.04 Å². The van der Waals surface area contributed by atoms with E-state index in [1.54, 1.807) is 0 Å². The minimum Gasteiger partial charge on any atom is -0.378 e. The van der Waals surface area contributed by atoms with Gasteiger partial charge in [-0.3, -0.25) is 0 Å². The minimum atomic E-state index is -0.421. The number of halogens is 1. The summed E-state index contributed by atoms with van der Waals surface area (Å²) in [6, 6.07) is 10.4. The van der Waals surface area contributed by atoms with Gasteiger partial charge in [0.2, 0.25) is 0 Å². The van der Waals surface area contributed by atoms with Crippen LogP contribution in [0.25, 0.3) is 0 Å². The molecule has 2 rings (SSSR count). The Morgan fingerprint density at radius 3 is 2.75 bits per heavy atom. The van der Waals surface area contributed by atoms with Crippen LogP contribution in [-0.4, -0.2) is 20.3 Å². The maximum Gasteiger partial charge on any atom is 0.123 e. The molecule has 1 aromatic rings. The molecule has 0 saturated carbocycles. The summed E-state index contributed by atoms with van der Waals surface area (Å²) >= 11 is 3.45. The third-order valence-corrected chi connectivity index (χ3v) is 3.46. The van der Waals surface area contributed by atoms with Crippen LogP contribution in [0.5, 0.6) is 0 Å². The minimum absolute atomic E-state index is 0.0174. The first-order valence-corrected chi connectivity index (χ1v) is 5.93. The van der Waals surface area contributed by atoms with Crippen molar-refractivity contribution in [3.05, 3.63) is 34.3 Å². The van der Waals surface area contributed by atoms with E-state index in [1.165, 1.54) is 0 Å². The summed E-state index contributed by atoms with van der Waals surface area (Å²) in [5.41, 5.74) is 0.692. The molecule has 1 N–H and O–H groups in total. The first kappa shape index (κ1) is 11.6. The van der Waals surface area contributed by atoms with Gasteiger partial charge in [0.1, 0.15) is 5.41 Å². The quantitative estimate of drug-likeness (QED) is 0.924. The molecule has 0 bridgehead atoms. The Labute approximate surface area is 104 Å². The topological polar surface area (TPSA) is 45.0 Å². The third kappa shape index (κ3) is 1.86. The largest absolute Gasteiger partial charge is 0.378 e. The van der Waals surface area contributed by atoms with Crippen molar-refractivity contribution in [2.24, 2.45) is 5.41 Å². The predicted octanol–water partition coefficient (Wildman–Crippen LogP) is 2.25. The van der Waals surface area contributed by atoms with Gasteiger partial charge in [-0.25, -0.2) is 0 Å².